The van der Waals surface area contributed by atoms with Gasteiger partial charge in [-0.3, -0.25) is 9.88 Å². The lowest BCUT2D eigenvalue weighted by atomic mass is 10.3. The Morgan fingerprint density at radius 2 is 1.65 bits per heavy atom. The van der Waals surface area contributed by atoms with Crippen LogP contribution in [0, 0.1) is 20.8 Å². The van der Waals surface area contributed by atoms with Gasteiger partial charge in [-0.25, -0.2) is 9.97 Å². The summed E-state index contributed by atoms with van der Waals surface area (Å²) in [4.78, 5) is 18.6. The average molecular weight is 311 g/mol. The third kappa shape index (κ3) is 4.26. The highest BCUT2D eigenvalue weighted by atomic mass is 15.3. The van der Waals surface area contributed by atoms with Crippen LogP contribution in [0.5, 0.6) is 0 Å². The van der Waals surface area contributed by atoms with E-state index in [2.05, 4.69) is 36.9 Å². The molecule has 1 fully saturated rings. The molecule has 0 radical (unpaired) electrons. The Labute approximate surface area is 138 Å². The summed E-state index contributed by atoms with van der Waals surface area (Å²) in [5.74, 6) is 0.873. The highest BCUT2D eigenvalue weighted by molar-refractivity contribution is 5.32. The minimum atomic E-state index is 0.873. The van der Waals surface area contributed by atoms with E-state index in [1.54, 1.807) is 0 Å². The zero-order valence-electron chi connectivity index (χ0n) is 14.3. The van der Waals surface area contributed by atoms with Gasteiger partial charge in [-0.1, -0.05) is 6.07 Å². The van der Waals surface area contributed by atoms with Crippen molar-refractivity contribution in [3.05, 3.63) is 47.0 Å². The van der Waals surface area contributed by atoms with Crippen molar-refractivity contribution in [3.8, 4) is 0 Å². The molecule has 1 saturated heterocycles. The molecule has 0 aliphatic carbocycles. The predicted octanol–water partition coefficient (Wildman–Crippen LogP) is 2.51. The maximum absolute atomic E-state index is 4.62. The minimum Gasteiger partial charge on any atom is -0.339 e. The van der Waals surface area contributed by atoms with E-state index in [0.717, 1.165) is 67.9 Å². The maximum atomic E-state index is 4.62. The van der Waals surface area contributed by atoms with Gasteiger partial charge in [0.2, 0.25) is 5.95 Å². The quantitative estimate of drug-likeness (QED) is 0.871. The maximum Gasteiger partial charge on any atom is 0.225 e. The van der Waals surface area contributed by atoms with Gasteiger partial charge < -0.3 is 4.90 Å². The van der Waals surface area contributed by atoms with E-state index in [4.69, 9.17) is 0 Å². The number of aryl methyl sites for hydroxylation is 3. The van der Waals surface area contributed by atoms with E-state index in [0.29, 0.717) is 0 Å². The van der Waals surface area contributed by atoms with Crippen molar-refractivity contribution in [2.75, 3.05) is 31.1 Å². The van der Waals surface area contributed by atoms with Crippen molar-refractivity contribution in [1.82, 2.24) is 19.9 Å². The van der Waals surface area contributed by atoms with Crippen LogP contribution < -0.4 is 4.90 Å². The first kappa shape index (κ1) is 15.9. The molecule has 122 valence electrons. The van der Waals surface area contributed by atoms with Gasteiger partial charge in [-0.05, 0) is 45.4 Å². The van der Waals surface area contributed by atoms with E-state index in [1.807, 2.05) is 32.9 Å². The fraction of sp³-hybridized carbons (Fsp3) is 0.500. The predicted molar refractivity (Wildman–Crippen MR) is 92.6 cm³/mol. The Morgan fingerprint density at radius 3 is 2.39 bits per heavy atom. The van der Waals surface area contributed by atoms with Crippen LogP contribution in [0.2, 0.25) is 0 Å². The molecule has 0 atom stereocenters. The molecule has 0 amide bonds. The summed E-state index contributed by atoms with van der Waals surface area (Å²) in [5, 5.41) is 0. The molecule has 0 bridgehead atoms. The summed E-state index contributed by atoms with van der Waals surface area (Å²) in [7, 11) is 0. The van der Waals surface area contributed by atoms with Crippen LogP contribution in [-0.4, -0.2) is 46.0 Å². The Hall–Kier alpha value is -2.01. The van der Waals surface area contributed by atoms with E-state index in [9.17, 15) is 0 Å². The van der Waals surface area contributed by atoms with E-state index in [1.165, 1.54) is 0 Å². The highest BCUT2D eigenvalue weighted by Gasteiger charge is 2.17. The number of rotatable bonds is 3. The molecule has 0 spiro atoms. The monoisotopic (exact) mass is 311 g/mol. The van der Waals surface area contributed by atoms with Crippen LogP contribution in [0.1, 0.15) is 29.2 Å². The fourth-order valence-electron chi connectivity index (χ4n) is 3.09. The van der Waals surface area contributed by atoms with E-state index >= 15 is 0 Å². The zero-order valence-corrected chi connectivity index (χ0v) is 14.3. The van der Waals surface area contributed by atoms with Gasteiger partial charge in [0.1, 0.15) is 0 Å². The van der Waals surface area contributed by atoms with Gasteiger partial charge in [0, 0.05) is 49.8 Å². The summed E-state index contributed by atoms with van der Waals surface area (Å²) in [6.07, 6.45) is 1.13. The molecule has 2 aromatic heterocycles. The average Bonchev–Trinajstić information content (AvgIpc) is 2.72. The van der Waals surface area contributed by atoms with E-state index in [-0.39, 0.29) is 0 Å². The lowest BCUT2D eigenvalue weighted by Gasteiger charge is -2.22. The Kier molecular flexibility index (Phi) is 4.86. The zero-order chi connectivity index (χ0) is 16.2. The van der Waals surface area contributed by atoms with Crippen molar-refractivity contribution < 1.29 is 0 Å². The molecule has 0 saturated carbocycles. The smallest absolute Gasteiger partial charge is 0.225 e. The highest BCUT2D eigenvalue weighted by Crippen LogP contribution is 2.14. The molecule has 23 heavy (non-hydrogen) atoms. The molecule has 1 aliphatic rings. The van der Waals surface area contributed by atoms with Gasteiger partial charge in [0.05, 0.1) is 5.69 Å². The molecule has 3 heterocycles. The number of aromatic nitrogens is 3. The van der Waals surface area contributed by atoms with Crippen molar-refractivity contribution in [2.45, 2.75) is 33.7 Å². The number of hydrogen-bond acceptors (Lipinski definition) is 5. The minimum absolute atomic E-state index is 0.873. The first-order valence-electron chi connectivity index (χ1n) is 8.32. The molecule has 0 aromatic carbocycles. The van der Waals surface area contributed by atoms with Gasteiger partial charge in [0.25, 0.3) is 0 Å². The normalized spacial score (nSPS) is 16.4. The number of hydrogen-bond donors (Lipinski definition) is 0. The molecular formula is C18H25N5. The second kappa shape index (κ2) is 7.04. The SMILES string of the molecule is Cc1cccc(CN2CCCN(c3nc(C)cc(C)n3)CC2)n1. The Morgan fingerprint density at radius 1 is 0.870 bits per heavy atom. The second-order valence-electron chi connectivity index (χ2n) is 6.34. The molecule has 2 aromatic rings. The third-order valence-corrected chi connectivity index (χ3v) is 4.17. The summed E-state index contributed by atoms with van der Waals surface area (Å²) in [6.45, 7) is 11.1. The second-order valence-corrected chi connectivity index (χ2v) is 6.34. The Balaban J connectivity index is 1.65. The van der Waals surface area contributed by atoms with Gasteiger partial charge in [-0.15, -0.1) is 0 Å². The summed E-state index contributed by atoms with van der Waals surface area (Å²) in [6, 6.07) is 8.27. The topological polar surface area (TPSA) is 45.2 Å². The molecule has 1 aliphatic heterocycles. The number of pyridine rings is 1. The molecule has 3 rings (SSSR count). The first-order valence-corrected chi connectivity index (χ1v) is 8.32. The number of anilines is 1. The van der Waals surface area contributed by atoms with Crippen LogP contribution in [-0.2, 0) is 6.54 Å². The van der Waals surface area contributed by atoms with Gasteiger partial charge in [0.15, 0.2) is 0 Å². The fourth-order valence-corrected chi connectivity index (χ4v) is 3.09. The van der Waals surface area contributed by atoms with Crippen LogP contribution in [0.15, 0.2) is 24.3 Å². The van der Waals surface area contributed by atoms with Crippen LogP contribution >= 0.6 is 0 Å². The summed E-state index contributed by atoms with van der Waals surface area (Å²) >= 11 is 0. The lowest BCUT2D eigenvalue weighted by Crippen LogP contribution is -2.31. The lowest BCUT2D eigenvalue weighted by molar-refractivity contribution is 0.282. The van der Waals surface area contributed by atoms with Crippen molar-refractivity contribution in [3.63, 3.8) is 0 Å². The molecular weight excluding hydrogens is 286 g/mol. The van der Waals surface area contributed by atoms with Crippen LogP contribution in [0.3, 0.4) is 0 Å². The van der Waals surface area contributed by atoms with Gasteiger partial charge >= 0.3 is 0 Å². The molecule has 0 N–H and O–H groups in total. The molecule has 5 nitrogen and oxygen atoms in total. The van der Waals surface area contributed by atoms with E-state index < -0.39 is 0 Å². The standard InChI is InChI=1S/C18H25N5/c1-14-6-4-7-17(19-14)13-22-8-5-9-23(11-10-22)18-20-15(2)12-16(3)21-18/h4,6-7,12H,5,8-11,13H2,1-3H3. The van der Waals surface area contributed by atoms with Gasteiger partial charge in [-0.2, -0.15) is 0 Å². The van der Waals surface area contributed by atoms with Crippen molar-refractivity contribution >= 4 is 5.95 Å². The summed E-state index contributed by atoms with van der Waals surface area (Å²) in [5.41, 5.74) is 4.32. The number of nitrogens with zero attached hydrogens (tertiary/aromatic N) is 5. The molecule has 5 heteroatoms. The van der Waals surface area contributed by atoms with Crippen molar-refractivity contribution in [2.24, 2.45) is 0 Å². The van der Waals surface area contributed by atoms with Crippen LogP contribution in [0.4, 0.5) is 5.95 Å². The molecule has 0 unspecified atom stereocenters. The largest absolute Gasteiger partial charge is 0.339 e. The Bertz CT molecular complexity index is 650. The van der Waals surface area contributed by atoms with Crippen molar-refractivity contribution in [1.29, 1.82) is 0 Å². The summed E-state index contributed by atoms with van der Waals surface area (Å²) < 4.78 is 0. The third-order valence-electron chi connectivity index (χ3n) is 4.17. The van der Waals surface area contributed by atoms with Crippen LogP contribution in [0.25, 0.3) is 0 Å². The first-order chi connectivity index (χ1) is 11.1.